The monoisotopic (exact) mass is 433 g/mol. The minimum Gasteiger partial charge on any atom is -0.465 e. The fourth-order valence-electron chi connectivity index (χ4n) is 3.56. The van der Waals surface area contributed by atoms with Crippen LogP contribution in [0.5, 0.6) is 0 Å². The Kier molecular flexibility index (Phi) is 5.58. The number of nitrogens with zero attached hydrogens (tertiary/aromatic N) is 3. The molecular weight excluding hydrogens is 418 g/mol. The van der Waals surface area contributed by atoms with E-state index in [0.717, 1.165) is 0 Å². The van der Waals surface area contributed by atoms with E-state index in [1.807, 2.05) is 0 Å². The van der Waals surface area contributed by atoms with E-state index in [-0.39, 0.29) is 13.2 Å². The molecule has 5 atom stereocenters. The van der Waals surface area contributed by atoms with Crippen LogP contribution in [0.1, 0.15) is 20.3 Å². The van der Waals surface area contributed by atoms with Gasteiger partial charge in [0, 0.05) is 16.7 Å². The molecular formula is C13H15F4N3O7S. The Bertz CT molecular complexity index is 828. The van der Waals surface area contributed by atoms with E-state index in [0.29, 0.717) is 0 Å². The van der Waals surface area contributed by atoms with E-state index in [1.165, 1.54) is 13.8 Å². The van der Waals surface area contributed by atoms with Crippen LogP contribution >= 0.6 is 0 Å². The van der Waals surface area contributed by atoms with Gasteiger partial charge < -0.3 is 9.47 Å². The van der Waals surface area contributed by atoms with Crippen molar-refractivity contribution in [3.05, 3.63) is 10.4 Å². The zero-order valence-corrected chi connectivity index (χ0v) is 15.3. The maximum absolute atomic E-state index is 15.2. The van der Waals surface area contributed by atoms with Crippen molar-refractivity contribution in [2.24, 2.45) is 17.0 Å². The highest BCUT2D eigenvalue weighted by Crippen LogP contribution is 2.70. The van der Waals surface area contributed by atoms with Crippen molar-refractivity contribution in [2.75, 3.05) is 13.2 Å². The van der Waals surface area contributed by atoms with Gasteiger partial charge in [0.1, 0.15) is 6.10 Å². The molecule has 0 radical (unpaired) electrons. The molecule has 0 spiro atoms. The van der Waals surface area contributed by atoms with Gasteiger partial charge in [-0.05, 0) is 25.8 Å². The maximum Gasteiger partial charge on any atom is 0.523 e. The van der Waals surface area contributed by atoms with Crippen molar-refractivity contribution in [1.29, 1.82) is 0 Å². The quantitative estimate of drug-likeness (QED) is 0.113. The molecule has 0 aromatic rings. The lowest BCUT2D eigenvalue weighted by atomic mass is 9.87. The highest BCUT2D eigenvalue weighted by molar-refractivity contribution is 7.87. The Balaban J connectivity index is 2.53. The van der Waals surface area contributed by atoms with Crippen molar-refractivity contribution >= 4 is 22.1 Å². The molecule has 2 saturated carbocycles. The summed E-state index contributed by atoms with van der Waals surface area (Å²) in [4.78, 5) is 26.7. The van der Waals surface area contributed by atoms with E-state index < -0.39 is 63.1 Å². The van der Waals surface area contributed by atoms with Crippen molar-refractivity contribution < 1.29 is 49.2 Å². The molecule has 158 valence electrons. The average molecular weight is 433 g/mol. The standard InChI is InChI=1S/C13H15F4N3O7S/c1-3-25-9(21)11(14)6-5-7(27-28(23,24)13(15,16)17)12(8(6)11,19-20-18)10(22)26-4-2/h6-8H,3-5H2,1-2H3/t6-,7-,8+,11-,12+/m1/s1. The summed E-state index contributed by atoms with van der Waals surface area (Å²) in [6.07, 6.45) is -3.05. The van der Waals surface area contributed by atoms with Gasteiger partial charge in [0.25, 0.3) is 0 Å². The van der Waals surface area contributed by atoms with E-state index >= 15 is 4.39 Å². The summed E-state index contributed by atoms with van der Waals surface area (Å²) in [5.41, 5.74) is -2.72. The molecule has 0 aromatic carbocycles. The average Bonchev–Trinajstić information content (AvgIpc) is 3.02. The van der Waals surface area contributed by atoms with Crippen molar-refractivity contribution in [2.45, 2.75) is 43.1 Å². The van der Waals surface area contributed by atoms with Gasteiger partial charge in [-0.15, -0.1) is 0 Å². The van der Waals surface area contributed by atoms with Crippen molar-refractivity contribution in [3.63, 3.8) is 0 Å². The molecule has 0 N–H and O–H groups in total. The first-order valence-corrected chi connectivity index (χ1v) is 9.34. The van der Waals surface area contributed by atoms with Gasteiger partial charge in [-0.2, -0.15) is 21.6 Å². The van der Waals surface area contributed by atoms with E-state index in [9.17, 15) is 31.2 Å². The second-order valence-corrected chi connectivity index (χ2v) is 7.59. The number of ether oxygens (including phenoxy) is 2. The Hall–Kier alpha value is -2.12. The third-order valence-corrected chi connectivity index (χ3v) is 5.70. The molecule has 0 aromatic heterocycles. The lowest BCUT2D eigenvalue weighted by Gasteiger charge is -2.32. The zero-order valence-electron chi connectivity index (χ0n) is 14.5. The first-order valence-electron chi connectivity index (χ1n) is 7.93. The number of rotatable bonds is 7. The number of alkyl halides is 4. The van der Waals surface area contributed by atoms with E-state index in [2.05, 4.69) is 23.7 Å². The van der Waals surface area contributed by atoms with Crippen LogP contribution in [0.15, 0.2) is 5.11 Å². The smallest absolute Gasteiger partial charge is 0.465 e. The van der Waals surface area contributed by atoms with Gasteiger partial charge in [-0.1, -0.05) is 5.11 Å². The van der Waals surface area contributed by atoms with Crippen LogP contribution in [0, 0.1) is 11.8 Å². The first-order chi connectivity index (χ1) is 12.8. The third-order valence-electron chi connectivity index (χ3n) is 4.65. The zero-order chi connectivity index (χ0) is 21.5. The van der Waals surface area contributed by atoms with E-state index in [1.54, 1.807) is 0 Å². The summed E-state index contributed by atoms with van der Waals surface area (Å²) < 4.78 is 89.3. The molecule has 0 amide bonds. The molecule has 15 heteroatoms. The van der Waals surface area contributed by atoms with Gasteiger partial charge >= 0.3 is 27.6 Å². The number of hydrogen-bond acceptors (Lipinski definition) is 8. The number of hydrogen-bond donors (Lipinski definition) is 0. The Labute approximate surface area is 155 Å². The number of fused-ring (bicyclic) bond motifs is 1. The summed E-state index contributed by atoms with van der Waals surface area (Å²) in [6, 6.07) is 0. The second kappa shape index (κ2) is 7.04. The summed E-state index contributed by atoms with van der Waals surface area (Å²) in [5.74, 6) is -6.19. The van der Waals surface area contributed by atoms with Crippen LogP contribution in [0.2, 0.25) is 0 Å². The first kappa shape index (κ1) is 22.2. The second-order valence-electron chi connectivity index (χ2n) is 6.03. The van der Waals surface area contributed by atoms with Gasteiger partial charge in [-0.25, -0.2) is 9.18 Å². The van der Waals surface area contributed by atoms with Crippen LogP contribution in [0.4, 0.5) is 17.6 Å². The fraction of sp³-hybridized carbons (Fsp3) is 0.846. The number of carbonyl (C=O) groups is 2. The molecule has 10 nitrogen and oxygen atoms in total. The number of azide groups is 1. The van der Waals surface area contributed by atoms with Gasteiger partial charge in [0.2, 0.25) is 5.67 Å². The molecule has 0 bridgehead atoms. The summed E-state index contributed by atoms with van der Waals surface area (Å²) in [5, 5.41) is 3.08. The molecule has 2 rings (SSSR count). The molecule has 2 fully saturated rings. The number of halogens is 4. The minimum atomic E-state index is -6.22. The largest absolute Gasteiger partial charge is 0.523 e. The highest BCUT2D eigenvalue weighted by Gasteiger charge is 2.87. The maximum atomic E-state index is 15.2. The van der Waals surface area contributed by atoms with Gasteiger partial charge in [-0.3, -0.25) is 8.98 Å². The normalized spacial score (nSPS) is 34.1. The highest BCUT2D eigenvalue weighted by atomic mass is 32.2. The van der Waals surface area contributed by atoms with Crippen LogP contribution in [-0.4, -0.2) is 56.4 Å². The Morgan fingerprint density at radius 2 is 1.75 bits per heavy atom. The molecule has 2 aliphatic rings. The topological polar surface area (TPSA) is 145 Å². The number of carbonyl (C=O) groups excluding carboxylic acids is 2. The predicted molar refractivity (Wildman–Crippen MR) is 80.4 cm³/mol. The molecule has 28 heavy (non-hydrogen) atoms. The fourth-order valence-corrected chi connectivity index (χ4v) is 4.20. The molecule has 2 aliphatic carbocycles. The van der Waals surface area contributed by atoms with Gasteiger partial charge in [0.05, 0.1) is 13.2 Å². The molecule has 0 unspecified atom stereocenters. The van der Waals surface area contributed by atoms with Gasteiger partial charge in [0.15, 0.2) is 5.54 Å². The SMILES string of the molecule is CCOC(=O)[C@@]1(F)[C@@H]2C[C@@H](OS(=O)(=O)C(F)(F)F)[C@@](N=[N+]=[N-])(C(=O)OCC)[C@@H]21. The minimum absolute atomic E-state index is 0.236. The van der Waals surface area contributed by atoms with E-state index in [4.69, 9.17) is 5.53 Å². The van der Waals surface area contributed by atoms with Crippen molar-refractivity contribution in [1.82, 2.24) is 0 Å². The molecule has 0 saturated heterocycles. The van der Waals surface area contributed by atoms with Crippen LogP contribution < -0.4 is 0 Å². The van der Waals surface area contributed by atoms with Crippen molar-refractivity contribution in [3.8, 4) is 0 Å². The van der Waals surface area contributed by atoms with Crippen LogP contribution in [0.25, 0.3) is 10.4 Å². The predicted octanol–water partition coefficient (Wildman–Crippen LogP) is 1.75. The summed E-state index contributed by atoms with van der Waals surface area (Å²) >= 11 is 0. The molecule has 0 aliphatic heterocycles. The molecule has 0 heterocycles. The van der Waals surface area contributed by atoms with Crippen LogP contribution in [-0.2, 0) is 33.4 Å². The summed E-state index contributed by atoms with van der Waals surface area (Å²) in [7, 11) is -6.22. The summed E-state index contributed by atoms with van der Waals surface area (Å²) in [6.45, 7) is 2.08. The lowest BCUT2D eigenvalue weighted by Crippen LogP contribution is -2.54. The third kappa shape index (κ3) is 3.06. The Morgan fingerprint density at radius 3 is 2.21 bits per heavy atom. The Morgan fingerprint density at radius 1 is 1.21 bits per heavy atom. The number of esters is 2. The van der Waals surface area contributed by atoms with Crippen LogP contribution in [0.3, 0.4) is 0 Å². The lowest BCUT2D eigenvalue weighted by molar-refractivity contribution is -0.159.